The Morgan fingerprint density at radius 2 is 1.63 bits per heavy atom. The molecule has 0 aliphatic rings. The minimum atomic E-state index is -4.06. The van der Waals surface area contributed by atoms with E-state index in [9.17, 15) is 17.0 Å². The van der Waals surface area contributed by atoms with E-state index in [1.54, 1.807) is 63.2 Å². The average molecular weight is 515 g/mol. The first-order valence-corrected chi connectivity index (χ1v) is 13.6. The first kappa shape index (κ1) is 25.1. The molecule has 0 unspecified atom stereocenters. The zero-order chi connectivity index (χ0) is 25.4. The van der Waals surface area contributed by atoms with Gasteiger partial charge in [-0.1, -0.05) is 36.4 Å². The predicted molar refractivity (Wildman–Crippen MR) is 137 cm³/mol. The van der Waals surface area contributed by atoms with Crippen molar-refractivity contribution < 1.29 is 21.8 Å². The maximum Gasteiger partial charge on any atom is 0.268 e. The van der Waals surface area contributed by atoms with Gasteiger partial charge in [0.05, 0.1) is 45.0 Å². The standard InChI is InChI=1S/C26H27FN2O4S2/c1-26(2,3)34(30)28-25(21-17-19(27)14-15-24(21)33-4)23-16-18-10-8-9-13-22(18)29(23)35(31,32)20-11-6-5-7-12-20/h5-17,25,28H,1-4H3/t25-,34+/m1/s1. The Morgan fingerprint density at radius 3 is 2.29 bits per heavy atom. The Morgan fingerprint density at radius 1 is 0.971 bits per heavy atom. The topological polar surface area (TPSA) is 77.4 Å². The highest BCUT2D eigenvalue weighted by molar-refractivity contribution is 7.90. The summed E-state index contributed by atoms with van der Waals surface area (Å²) < 4.78 is 64.7. The van der Waals surface area contributed by atoms with Gasteiger partial charge in [-0.15, -0.1) is 0 Å². The van der Waals surface area contributed by atoms with Gasteiger partial charge in [0.25, 0.3) is 10.0 Å². The predicted octanol–water partition coefficient (Wildman–Crippen LogP) is 5.17. The fraction of sp³-hybridized carbons (Fsp3) is 0.231. The summed E-state index contributed by atoms with van der Waals surface area (Å²) in [5.74, 6) is -0.188. The Balaban J connectivity index is 2.05. The number of fused-ring (bicyclic) bond motifs is 1. The van der Waals surface area contributed by atoms with E-state index in [-0.39, 0.29) is 10.6 Å². The number of rotatable bonds is 7. The van der Waals surface area contributed by atoms with Crippen molar-refractivity contribution in [3.63, 3.8) is 0 Å². The van der Waals surface area contributed by atoms with Gasteiger partial charge < -0.3 is 4.74 Å². The highest BCUT2D eigenvalue weighted by Gasteiger charge is 2.33. The fourth-order valence-electron chi connectivity index (χ4n) is 3.82. The van der Waals surface area contributed by atoms with Gasteiger partial charge in [-0.2, -0.15) is 0 Å². The number of hydrogen-bond donors (Lipinski definition) is 1. The molecule has 1 heterocycles. The minimum Gasteiger partial charge on any atom is -0.496 e. The zero-order valence-corrected chi connectivity index (χ0v) is 21.5. The van der Waals surface area contributed by atoms with Crippen molar-refractivity contribution in [1.29, 1.82) is 0 Å². The summed E-state index contributed by atoms with van der Waals surface area (Å²) in [7, 11) is -4.24. The van der Waals surface area contributed by atoms with Crippen molar-refractivity contribution in [2.75, 3.05) is 7.11 Å². The molecular formula is C26H27FN2O4S2. The Labute approximate surface area is 207 Å². The second kappa shape index (κ2) is 9.56. The number of nitrogens with one attached hydrogen (secondary N) is 1. The highest BCUT2D eigenvalue weighted by atomic mass is 32.2. The van der Waals surface area contributed by atoms with Gasteiger partial charge in [-0.25, -0.2) is 25.7 Å². The minimum absolute atomic E-state index is 0.101. The molecule has 9 heteroatoms. The monoisotopic (exact) mass is 514 g/mol. The van der Waals surface area contributed by atoms with Crippen LogP contribution in [0.4, 0.5) is 4.39 Å². The van der Waals surface area contributed by atoms with E-state index in [0.29, 0.717) is 22.2 Å². The molecule has 184 valence electrons. The maximum absolute atomic E-state index is 14.5. The van der Waals surface area contributed by atoms with E-state index in [1.807, 2.05) is 6.07 Å². The number of para-hydroxylation sites is 1. The summed E-state index contributed by atoms with van der Waals surface area (Å²) in [5, 5.41) is 0.672. The van der Waals surface area contributed by atoms with Crippen molar-refractivity contribution in [1.82, 2.24) is 8.69 Å². The lowest BCUT2D eigenvalue weighted by Gasteiger charge is -2.27. The number of methoxy groups -OCH3 is 1. The van der Waals surface area contributed by atoms with E-state index in [0.717, 1.165) is 0 Å². The summed E-state index contributed by atoms with van der Waals surface area (Å²) in [6.45, 7) is 5.39. The van der Waals surface area contributed by atoms with Gasteiger partial charge in [0.15, 0.2) is 0 Å². The van der Waals surface area contributed by atoms with Crippen molar-refractivity contribution in [2.24, 2.45) is 0 Å². The van der Waals surface area contributed by atoms with E-state index in [2.05, 4.69) is 4.72 Å². The smallest absolute Gasteiger partial charge is 0.268 e. The number of aromatic nitrogens is 1. The first-order chi connectivity index (χ1) is 16.5. The number of hydrogen-bond acceptors (Lipinski definition) is 4. The highest BCUT2D eigenvalue weighted by Crippen LogP contribution is 2.37. The third-order valence-electron chi connectivity index (χ3n) is 5.55. The summed E-state index contributed by atoms with van der Waals surface area (Å²) in [6, 6.07) is 19.9. The lowest BCUT2D eigenvalue weighted by Crippen LogP contribution is -2.37. The SMILES string of the molecule is COc1ccc(F)cc1[C@@H](N[S@@](=O)C(C)(C)C)c1cc2ccccc2n1S(=O)(=O)c1ccccc1. The van der Waals surface area contributed by atoms with Gasteiger partial charge in [-0.3, -0.25) is 0 Å². The van der Waals surface area contributed by atoms with Crippen LogP contribution in [0.1, 0.15) is 38.1 Å². The molecule has 0 amide bonds. The summed E-state index contributed by atoms with van der Waals surface area (Å²) >= 11 is 0. The van der Waals surface area contributed by atoms with Gasteiger partial charge in [0, 0.05) is 10.9 Å². The molecule has 3 aromatic carbocycles. The number of halogens is 1. The van der Waals surface area contributed by atoms with E-state index in [1.165, 1.54) is 41.4 Å². The van der Waals surface area contributed by atoms with Crippen LogP contribution < -0.4 is 9.46 Å². The van der Waals surface area contributed by atoms with E-state index >= 15 is 0 Å². The summed E-state index contributed by atoms with van der Waals surface area (Å²) in [5.41, 5.74) is 1.07. The van der Waals surface area contributed by atoms with Crippen LogP contribution in [0.15, 0.2) is 83.8 Å². The molecule has 0 aliphatic heterocycles. The summed E-state index contributed by atoms with van der Waals surface area (Å²) in [6.07, 6.45) is 0. The lowest BCUT2D eigenvalue weighted by atomic mass is 10.0. The van der Waals surface area contributed by atoms with Crippen LogP contribution in [0.25, 0.3) is 10.9 Å². The van der Waals surface area contributed by atoms with Gasteiger partial charge in [-0.05, 0) is 63.2 Å². The number of benzene rings is 3. The first-order valence-electron chi connectivity index (χ1n) is 11.0. The number of ether oxygens (including phenoxy) is 1. The van der Waals surface area contributed by atoms with Crippen LogP contribution in [0.3, 0.4) is 0 Å². The largest absolute Gasteiger partial charge is 0.496 e. The van der Waals surface area contributed by atoms with Crippen LogP contribution in [0, 0.1) is 5.82 Å². The Hall–Kier alpha value is -3.01. The summed E-state index contributed by atoms with van der Waals surface area (Å²) in [4.78, 5) is 0.101. The second-order valence-electron chi connectivity index (χ2n) is 9.03. The molecule has 2 atom stereocenters. The normalized spacial score (nSPS) is 14.1. The third-order valence-corrected chi connectivity index (χ3v) is 8.87. The lowest BCUT2D eigenvalue weighted by molar-refractivity contribution is 0.404. The maximum atomic E-state index is 14.5. The molecule has 0 bridgehead atoms. The molecule has 0 radical (unpaired) electrons. The molecule has 6 nitrogen and oxygen atoms in total. The zero-order valence-electron chi connectivity index (χ0n) is 19.9. The quantitative estimate of drug-likeness (QED) is 0.369. The van der Waals surface area contributed by atoms with E-state index < -0.39 is 37.6 Å². The van der Waals surface area contributed by atoms with Crippen LogP contribution in [-0.4, -0.2) is 28.5 Å². The molecule has 4 rings (SSSR count). The molecule has 35 heavy (non-hydrogen) atoms. The Kier molecular flexibility index (Phi) is 6.86. The Bertz CT molecular complexity index is 1490. The van der Waals surface area contributed by atoms with E-state index in [4.69, 9.17) is 4.74 Å². The van der Waals surface area contributed by atoms with Crippen molar-refractivity contribution in [3.8, 4) is 5.75 Å². The van der Waals surface area contributed by atoms with Gasteiger partial charge in [0.2, 0.25) is 0 Å². The third kappa shape index (κ3) is 4.89. The van der Waals surface area contributed by atoms with Crippen LogP contribution in [-0.2, 0) is 21.0 Å². The second-order valence-corrected chi connectivity index (χ2v) is 12.8. The molecule has 0 saturated heterocycles. The van der Waals surface area contributed by atoms with Crippen molar-refractivity contribution >= 4 is 31.9 Å². The molecule has 0 fully saturated rings. The van der Waals surface area contributed by atoms with Crippen LogP contribution in [0.5, 0.6) is 5.75 Å². The fourth-order valence-corrected chi connectivity index (χ4v) is 6.20. The number of nitrogens with zero attached hydrogens (tertiary/aromatic N) is 1. The van der Waals surface area contributed by atoms with Crippen molar-refractivity contribution in [2.45, 2.75) is 36.5 Å². The van der Waals surface area contributed by atoms with Gasteiger partial charge in [0.1, 0.15) is 11.6 Å². The van der Waals surface area contributed by atoms with Crippen LogP contribution in [0.2, 0.25) is 0 Å². The molecule has 0 saturated carbocycles. The molecule has 1 N–H and O–H groups in total. The van der Waals surface area contributed by atoms with Crippen molar-refractivity contribution in [3.05, 3.63) is 95.9 Å². The molecule has 0 aliphatic carbocycles. The molecule has 0 spiro atoms. The molecule has 4 aromatic rings. The van der Waals surface area contributed by atoms with Gasteiger partial charge >= 0.3 is 0 Å². The molecule has 1 aromatic heterocycles. The van der Waals surface area contributed by atoms with Crippen LogP contribution >= 0.6 is 0 Å². The average Bonchev–Trinajstić information content (AvgIpc) is 3.22. The molecular weight excluding hydrogens is 487 g/mol.